The minimum absolute atomic E-state index is 0.418. The molecule has 0 aromatic heterocycles. The number of ether oxygens (including phenoxy) is 1. The first-order chi connectivity index (χ1) is 11.7. The maximum atomic E-state index is 6.24. The van der Waals surface area contributed by atoms with Crippen molar-refractivity contribution in [2.75, 3.05) is 6.61 Å². The average molecular weight is 326 g/mol. The van der Waals surface area contributed by atoms with E-state index in [9.17, 15) is 0 Å². The molecule has 1 aromatic rings. The molecule has 0 aliphatic heterocycles. The van der Waals surface area contributed by atoms with E-state index in [0.717, 1.165) is 30.8 Å². The van der Waals surface area contributed by atoms with Crippen molar-refractivity contribution >= 4 is 0 Å². The number of fused-ring (bicyclic) bond motifs is 5. The summed E-state index contributed by atoms with van der Waals surface area (Å²) in [6.45, 7) is 7.85. The molecule has 1 unspecified atom stereocenters. The highest BCUT2D eigenvalue weighted by molar-refractivity contribution is 5.37. The van der Waals surface area contributed by atoms with Gasteiger partial charge < -0.3 is 4.74 Å². The van der Waals surface area contributed by atoms with Gasteiger partial charge in [-0.05, 0) is 97.8 Å². The lowest BCUT2D eigenvalue weighted by Gasteiger charge is -2.57. The van der Waals surface area contributed by atoms with Gasteiger partial charge in [0.2, 0.25) is 0 Å². The van der Waals surface area contributed by atoms with Crippen LogP contribution >= 0.6 is 0 Å². The molecule has 131 valence electrons. The Balaban J connectivity index is 1.65. The summed E-state index contributed by atoms with van der Waals surface area (Å²) in [6.07, 6.45) is 11.0. The van der Waals surface area contributed by atoms with Crippen molar-refractivity contribution in [2.24, 2.45) is 17.3 Å². The SMILES string of the molecule is CCOC1CCC[C@H]2[C@@H]3CCc4c[c]c(CC)cc4[C@H]3CC[C@]12C. The van der Waals surface area contributed by atoms with Crippen LogP contribution in [0.3, 0.4) is 0 Å². The van der Waals surface area contributed by atoms with Crippen LogP contribution in [0, 0.1) is 23.3 Å². The average Bonchev–Trinajstić information content (AvgIpc) is 2.61. The molecule has 1 heteroatoms. The normalized spacial score (nSPS) is 38.1. The number of hydrogen-bond acceptors (Lipinski definition) is 1. The van der Waals surface area contributed by atoms with Gasteiger partial charge in [-0.3, -0.25) is 0 Å². The van der Waals surface area contributed by atoms with Gasteiger partial charge in [0.05, 0.1) is 6.10 Å². The lowest BCUT2D eigenvalue weighted by molar-refractivity contribution is -0.126. The zero-order chi connectivity index (χ0) is 16.7. The zero-order valence-corrected chi connectivity index (χ0v) is 15.7. The summed E-state index contributed by atoms with van der Waals surface area (Å²) in [5.41, 5.74) is 5.09. The number of rotatable bonds is 3. The van der Waals surface area contributed by atoms with Gasteiger partial charge >= 0.3 is 0 Å². The minimum atomic E-state index is 0.418. The van der Waals surface area contributed by atoms with E-state index >= 15 is 0 Å². The van der Waals surface area contributed by atoms with E-state index in [0.29, 0.717) is 11.5 Å². The molecule has 24 heavy (non-hydrogen) atoms. The molecule has 0 heterocycles. The van der Waals surface area contributed by atoms with Crippen molar-refractivity contribution in [3.05, 3.63) is 34.9 Å². The van der Waals surface area contributed by atoms with Crippen LogP contribution < -0.4 is 0 Å². The third kappa shape index (κ3) is 2.55. The van der Waals surface area contributed by atoms with Gasteiger partial charge in [0, 0.05) is 6.61 Å². The van der Waals surface area contributed by atoms with Gasteiger partial charge in [0.15, 0.2) is 0 Å². The molecule has 1 radical (unpaired) electrons. The number of benzene rings is 1. The Labute approximate surface area is 148 Å². The van der Waals surface area contributed by atoms with E-state index in [1.165, 1.54) is 50.5 Å². The predicted octanol–water partition coefficient (Wildman–Crippen LogP) is 5.70. The Morgan fingerprint density at radius 2 is 2.08 bits per heavy atom. The van der Waals surface area contributed by atoms with Crippen molar-refractivity contribution in [3.63, 3.8) is 0 Å². The van der Waals surface area contributed by atoms with Gasteiger partial charge in [0.1, 0.15) is 0 Å². The molecule has 2 saturated carbocycles. The van der Waals surface area contributed by atoms with Gasteiger partial charge in [-0.2, -0.15) is 0 Å². The van der Waals surface area contributed by atoms with Gasteiger partial charge in [0.25, 0.3) is 0 Å². The van der Waals surface area contributed by atoms with E-state index in [2.05, 4.69) is 39.0 Å². The smallest absolute Gasteiger partial charge is 0.0631 e. The monoisotopic (exact) mass is 325 g/mol. The van der Waals surface area contributed by atoms with Crippen LogP contribution in [0.5, 0.6) is 0 Å². The molecule has 0 bridgehead atoms. The summed E-state index contributed by atoms with van der Waals surface area (Å²) in [4.78, 5) is 0. The Morgan fingerprint density at radius 3 is 2.88 bits per heavy atom. The van der Waals surface area contributed by atoms with Crippen LogP contribution in [0.4, 0.5) is 0 Å². The lowest BCUT2D eigenvalue weighted by atomic mass is 9.50. The van der Waals surface area contributed by atoms with Crippen LogP contribution in [0.1, 0.15) is 81.9 Å². The molecule has 0 saturated heterocycles. The highest BCUT2D eigenvalue weighted by Crippen LogP contribution is 2.60. The molecular weight excluding hydrogens is 292 g/mol. The Morgan fingerprint density at radius 1 is 1.21 bits per heavy atom. The summed E-state index contributed by atoms with van der Waals surface area (Å²) in [6, 6.07) is 8.31. The Hall–Kier alpha value is -0.820. The molecule has 5 atom stereocenters. The van der Waals surface area contributed by atoms with Crippen molar-refractivity contribution in [1.82, 2.24) is 0 Å². The molecule has 0 amide bonds. The van der Waals surface area contributed by atoms with E-state index in [1.807, 2.05) is 0 Å². The van der Waals surface area contributed by atoms with E-state index in [-0.39, 0.29) is 0 Å². The third-order valence-corrected chi connectivity index (χ3v) is 7.62. The van der Waals surface area contributed by atoms with Crippen molar-refractivity contribution in [3.8, 4) is 0 Å². The summed E-state index contributed by atoms with van der Waals surface area (Å²) in [5.74, 6) is 2.54. The molecule has 2 fully saturated rings. The van der Waals surface area contributed by atoms with Gasteiger partial charge in [-0.1, -0.05) is 32.4 Å². The van der Waals surface area contributed by atoms with Crippen molar-refractivity contribution < 1.29 is 4.74 Å². The third-order valence-electron chi connectivity index (χ3n) is 7.62. The zero-order valence-electron chi connectivity index (χ0n) is 15.7. The predicted molar refractivity (Wildman–Crippen MR) is 99.3 cm³/mol. The first-order valence-corrected chi connectivity index (χ1v) is 10.3. The van der Waals surface area contributed by atoms with Crippen molar-refractivity contribution in [2.45, 2.75) is 84.2 Å². The lowest BCUT2D eigenvalue weighted by Crippen LogP contribution is -2.51. The largest absolute Gasteiger partial charge is 0.378 e. The molecular formula is C23H33O. The second-order valence-electron chi connectivity index (χ2n) is 8.63. The Bertz CT molecular complexity index is 590. The molecule has 1 nitrogen and oxygen atoms in total. The first kappa shape index (κ1) is 16.6. The standard InChI is InChI=1S/C23H33O/c1-4-16-9-10-17-11-12-19-18(20(17)15-16)13-14-23(3)21(19)7-6-8-22(23)24-5-2/h10,15,18-19,21-22H,4-8,11-14H2,1-3H3/t18-,19+,21-,22?,23-/m0/s1. The highest BCUT2D eigenvalue weighted by Gasteiger charge is 2.53. The molecule has 0 spiro atoms. The fourth-order valence-electron chi connectivity index (χ4n) is 6.37. The van der Waals surface area contributed by atoms with Crippen molar-refractivity contribution in [1.29, 1.82) is 0 Å². The van der Waals surface area contributed by atoms with E-state index in [1.54, 1.807) is 11.1 Å². The number of aryl methyl sites for hydroxylation is 2. The van der Waals surface area contributed by atoms with Crippen LogP contribution in [0.2, 0.25) is 0 Å². The fourth-order valence-corrected chi connectivity index (χ4v) is 6.37. The first-order valence-electron chi connectivity index (χ1n) is 10.3. The second kappa shape index (κ2) is 6.48. The maximum absolute atomic E-state index is 6.24. The van der Waals surface area contributed by atoms with Crippen LogP contribution in [0.25, 0.3) is 0 Å². The minimum Gasteiger partial charge on any atom is -0.378 e. The van der Waals surface area contributed by atoms with Crippen LogP contribution in [-0.4, -0.2) is 12.7 Å². The molecule has 0 N–H and O–H groups in total. The summed E-state index contributed by atoms with van der Waals surface area (Å²) >= 11 is 0. The van der Waals surface area contributed by atoms with E-state index in [4.69, 9.17) is 4.74 Å². The quantitative estimate of drug-likeness (QED) is 0.692. The Kier molecular flexibility index (Phi) is 4.49. The van der Waals surface area contributed by atoms with E-state index < -0.39 is 0 Å². The van der Waals surface area contributed by atoms with Crippen LogP contribution in [-0.2, 0) is 17.6 Å². The molecule has 3 aliphatic carbocycles. The molecule has 3 aliphatic rings. The fraction of sp³-hybridized carbons (Fsp3) is 0.739. The maximum Gasteiger partial charge on any atom is 0.0631 e. The summed E-state index contributed by atoms with van der Waals surface area (Å²) in [5, 5.41) is 0. The van der Waals surface area contributed by atoms with Crippen LogP contribution in [0.15, 0.2) is 12.1 Å². The second-order valence-corrected chi connectivity index (χ2v) is 8.63. The molecule has 4 rings (SSSR count). The highest BCUT2D eigenvalue weighted by atomic mass is 16.5. The molecule has 1 aromatic carbocycles. The summed E-state index contributed by atoms with van der Waals surface area (Å²) < 4.78 is 6.24. The number of hydrogen-bond donors (Lipinski definition) is 0. The van der Waals surface area contributed by atoms with Gasteiger partial charge in [-0.15, -0.1) is 0 Å². The summed E-state index contributed by atoms with van der Waals surface area (Å²) in [7, 11) is 0. The van der Waals surface area contributed by atoms with Gasteiger partial charge in [-0.25, -0.2) is 0 Å². The topological polar surface area (TPSA) is 9.23 Å².